The van der Waals surface area contributed by atoms with Crippen LogP contribution in [0, 0.1) is 5.82 Å². The Kier molecular flexibility index (Phi) is 4.05. The Morgan fingerprint density at radius 2 is 2.29 bits per heavy atom. The van der Waals surface area contributed by atoms with E-state index in [1.54, 1.807) is 17.5 Å². The first-order valence-corrected chi connectivity index (χ1v) is 6.52. The average molecular weight is 338 g/mol. The minimum Gasteiger partial charge on any atom is -0.271 e. The molecular weight excluding hydrogens is 331 g/mol. The summed E-state index contributed by atoms with van der Waals surface area (Å²) in [4.78, 5) is 0. The minimum absolute atomic E-state index is 0.0194. The van der Waals surface area contributed by atoms with Gasteiger partial charge in [-0.25, -0.2) is 9.82 Å². The fourth-order valence-electron chi connectivity index (χ4n) is 1.40. The van der Waals surface area contributed by atoms with Crippen molar-refractivity contribution < 1.29 is 4.39 Å². The molecular formula is C9H7BrClFN4S. The summed E-state index contributed by atoms with van der Waals surface area (Å²) < 4.78 is 18.2. The second-order valence-corrected chi connectivity index (χ2v) is 5.04. The van der Waals surface area contributed by atoms with Crippen LogP contribution in [0.25, 0.3) is 0 Å². The van der Waals surface area contributed by atoms with Crippen molar-refractivity contribution >= 4 is 39.1 Å². The molecule has 0 bridgehead atoms. The van der Waals surface area contributed by atoms with E-state index >= 15 is 0 Å². The third-order valence-electron chi connectivity index (χ3n) is 2.22. The molecule has 0 aliphatic rings. The number of halogens is 3. The van der Waals surface area contributed by atoms with Gasteiger partial charge >= 0.3 is 0 Å². The molecule has 1 heterocycles. The predicted octanol–water partition coefficient (Wildman–Crippen LogP) is 2.65. The number of benzene rings is 1. The lowest BCUT2D eigenvalue weighted by atomic mass is 10.0. The number of nitrogens with one attached hydrogen (secondary N) is 1. The van der Waals surface area contributed by atoms with Crippen LogP contribution in [0.5, 0.6) is 0 Å². The molecule has 0 saturated carbocycles. The zero-order valence-corrected chi connectivity index (χ0v) is 11.5. The molecule has 0 saturated heterocycles. The molecule has 0 aliphatic carbocycles. The van der Waals surface area contributed by atoms with Crippen LogP contribution in [0.15, 0.2) is 22.0 Å². The van der Waals surface area contributed by atoms with Gasteiger partial charge in [0, 0.05) is 15.4 Å². The second-order valence-electron chi connectivity index (χ2n) is 3.19. The van der Waals surface area contributed by atoms with Crippen LogP contribution in [0.3, 0.4) is 0 Å². The number of hydrazine groups is 1. The number of nitrogens with zero attached hydrogens (tertiary/aromatic N) is 2. The molecule has 0 aliphatic heterocycles. The summed E-state index contributed by atoms with van der Waals surface area (Å²) in [6.45, 7) is 0. The highest BCUT2D eigenvalue weighted by Gasteiger charge is 2.21. The van der Waals surface area contributed by atoms with Crippen LogP contribution in [0.4, 0.5) is 4.39 Å². The largest absolute Gasteiger partial charge is 0.271 e. The maximum absolute atomic E-state index is 14.0. The smallest absolute Gasteiger partial charge is 0.148 e. The summed E-state index contributed by atoms with van der Waals surface area (Å²) >= 11 is 10.1. The summed E-state index contributed by atoms with van der Waals surface area (Å²) in [5, 5.41) is 5.58. The van der Waals surface area contributed by atoms with E-state index in [9.17, 15) is 4.39 Å². The average Bonchev–Trinajstić information content (AvgIpc) is 2.84. The number of rotatable bonds is 3. The molecule has 1 aromatic carbocycles. The SMILES string of the molecule is NNC(c1csnn1)c1ccc(Br)c(Cl)c1F. The highest BCUT2D eigenvalue weighted by Crippen LogP contribution is 2.32. The summed E-state index contributed by atoms with van der Waals surface area (Å²) in [5.41, 5.74) is 3.38. The molecule has 0 radical (unpaired) electrons. The van der Waals surface area contributed by atoms with Crippen LogP contribution in [-0.2, 0) is 0 Å². The lowest BCUT2D eigenvalue weighted by Crippen LogP contribution is -2.29. The van der Waals surface area contributed by atoms with Crippen LogP contribution in [0.2, 0.25) is 5.02 Å². The van der Waals surface area contributed by atoms with E-state index in [-0.39, 0.29) is 5.02 Å². The van der Waals surface area contributed by atoms with Crippen LogP contribution in [-0.4, -0.2) is 9.59 Å². The summed E-state index contributed by atoms with van der Waals surface area (Å²) in [6.07, 6.45) is 0. The molecule has 0 amide bonds. The first-order valence-electron chi connectivity index (χ1n) is 4.51. The van der Waals surface area contributed by atoms with Crippen LogP contribution < -0.4 is 11.3 Å². The van der Waals surface area contributed by atoms with Gasteiger partial charge < -0.3 is 0 Å². The normalized spacial score (nSPS) is 12.7. The Balaban J connectivity index is 2.49. The lowest BCUT2D eigenvalue weighted by molar-refractivity contribution is 0.552. The van der Waals surface area contributed by atoms with Gasteiger partial charge in [0.15, 0.2) is 0 Å². The number of hydrogen-bond acceptors (Lipinski definition) is 5. The number of nitrogens with two attached hydrogens (primary N) is 1. The van der Waals surface area contributed by atoms with Gasteiger partial charge in [0.25, 0.3) is 0 Å². The molecule has 1 atom stereocenters. The fourth-order valence-corrected chi connectivity index (χ4v) is 2.35. The van der Waals surface area contributed by atoms with Crippen molar-refractivity contribution in [1.29, 1.82) is 0 Å². The Labute approximate surface area is 114 Å². The Bertz CT molecular complexity index is 522. The van der Waals surface area contributed by atoms with Crippen molar-refractivity contribution in [3.8, 4) is 0 Å². The van der Waals surface area contributed by atoms with E-state index in [2.05, 4.69) is 30.9 Å². The van der Waals surface area contributed by atoms with E-state index < -0.39 is 11.9 Å². The van der Waals surface area contributed by atoms with Gasteiger partial charge in [0.05, 0.1) is 16.8 Å². The van der Waals surface area contributed by atoms with Gasteiger partial charge in [0.2, 0.25) is 0 Å². The molecule has 0 spiro atoms. The van der Waals surface area contributed by atoms with E-state index in [0.717, 1.165) is 0 Å². The van der Waals surface area contributed by atoms with Gasteiger partial charge in [-0.1, -0.05) is 22.2 Å². The predicted molar refractivity (Wildman–Crippen MR) is 68.2 cm³/mol. The summed E-state index contributed by atoms with van der Waals surface area (Å²) in [5.74, 6) is 4.89. The van der Waals surface area contributed by atoms with Gasteiger partial charge in [-0.3, -0.25) is 5.84 Å². The molecule has 90 valence electrons. The van der Waals surface area contributed by atoms with Crippen molar-refractivity contribution in [3.05, 3.63) is 44.1 Å². The maximum Gasteiger partial charge on any atom is 0.148 e. The van der Waals surface area contributed by atoms with Crippen molar-refractivity contribution in [3.63, 3.8) is 0 Å². The maximum atomic E-state index is 14.0. The minimum atomic E-state index is -0.570. The number of aromatic nitrogens is 2. The quantitative estimate of drug-likeness (QED) is 0.513. The Morgan fingerprint density at radius 3 is 2.88 bits per heavy atom. The van der Waals surface area contributed by atoms with Crippen LogP contribution in [0.1, 0.15) is 17.3 Å². The Morgan fingerprint density at radius 1 is 1.53 bits per heavy atom. The van der Waals surface area contributed by atoms with Gasteiger partial charge in [-0.05, 0) is 33.5 Å². The summed E-state index contributed by atoms with van der Waals surface area (Å²) in [7, 11) is 0. The molecule has 3 N–H and O–H groups in total. The van der Waals surface area contributed by atoms with Crippen LogP contribution >= 0.6 is 39.1 Å². The van der Waals surface area contributed by atoms with Gasteiger partial charge in [0.1, 0.15) is 5.82 Å². The van der Waals surface area contributed by atoms with Crippen molar-refractivity contribution in [1.82, 2.24) is 15.0 Å². The standard InChI is InChI=1S/C9H7BrClFN4S/c10-5-2-1-4(8(12)7(5)11)9(14-13)6-3-17-16-15-6/h1-3,9,14H,13H2. The van der Waals surface area contributed by atoms with Crippen molar-refractivity contribution in [2.24, 2.45) is 5.84 Å². The van der Waals surface area contributed by atoms with E-state index in [1.807, 2.05) is 0 Å². The lowest BCUT2D eigenvalue weighted by Gasteiger charge is -2.15. The molecule has 0 fully saturated rings. The molecule has 4 nitrogen and oxygen atoms in total. The molecule has 17 heavy (non-hydrogen) atoms. The van der Waals surface area contributed by atoms with E-state index in [1.165, 1.54) is 11.5 Å². The van der Waals surface area contributed by atoms with E-state index in [4.69, 9.17) is 17.4 Å². The topological polar surface area (TPSA) is 63.8 Å². The third kappa shape index (κ3) is 2.48. The molecule has 2 rings (SSSR count). The zero-order chi connectivity index (χ0) is 12.4. The first kappa shape index (κ1) is 12.8. The summed E-state index contributed by atoms with van der Waals surface area (Å²) in [6, 6.07) is 2.68. The number of hydrogen-bond donors (Lipinski definition) is 2. The van der Waals surface area contributed by atoms with Crippen molar-refractivity contribution in [2.45, 2.75) is 6.04 Å². The molecule has 1 aromatic heterocycles. The van der Waals surface area contributed by atoms with Crippen molar-refractivity contribution in [2.75, 3.05) is 0 Å². The fraction of sp³-hybridized carbons (Fsp3) is 0.111. The zero-order valence-electron chi connectivity index (χ0n) is 8.32. The van der Waals surface area contributed by atoms with Gasteiger partial charge in [-0.15, -0.1) is 5.10 Å². The highest BCUT2D eigenvalue weighted by molar-refractivity contribution is 9.10. The first-order chi connectivity index (χ1) is 8.15. The van der Waals surface area contributed by atoms with E-state index in [0.29, 0.717) is 15.7 Å². The Hall–Kier alpha value is -0.600. The molecule has 1 unspecified atom stereocenters. The molecule has 2 aromatic rings. The highest BCUT2D eigenvalue weighted by atomic mass is 79.9. The third-order valence-corrected chi connectivity index (χ3v) is 4.00. The van der Waals surface area contributed by atoms with Gasteiger partial charge in [-0.2, -0.15) is 0 Å². The molecule has 8 heteroatoms. The second kappa shape index (κ2) is 5.36. The monoisotopic (exact) mass is 336 g/mol.